The van der Waals surface area contributed by atoms with Gasteiger partial charge >= 0.3 is 7.12 Å². The number of hydrogen-bond donors (Lipinski definition) is 3. The van der Waals surface area contributed by atoms with Crippen molar-refractivity contribution in [1.82, 2.24) is 19.2 Å². The van der Waals surface area contributed by atoms with E-state index in [1.54, 1.807) is 29.2 Å². The monoisotopic (exact) mass is 412 g/mol. The first-order chi connectivity index (χ1) is 14.2. The van der Waals surface area contributed by atoms with Gasteiger partial charge in [-0.05, 0) is 58.0 Å². The maximum Gasteiger partial charge on any atom is 0.496 e. The highest BCUT2D eigenvalue weighted by Gasteiger charge is 2.51. The molecule has 1 aliphatic rings. The lowest BCUT2D eigenvalue weighted by Crippen LogP contribution is -2.41. The number of aromatic hydroxyl groups is 1. The van der Waals surface area contributed by atoms with Crippen LogP contribution in [-0.4, -0.2) is 53.2 Å². The van der Waals surface area contributed by atoms with Gasteiger partial charge in [0.05, 0.1) is 28.4 Å². The average molecular weight is 412 g/mol. The minimum absolute atomic E-state index is 0.233. The third-order valence-corrected chi connectivity index (χ3v) is 5.32. The Morgan fingerprint density at radius 1 is 0.767 bits per heavy atom. The molecule has 0 spiro atoms. The van der Waals surface area contributed by atoms with Gasteiger partial charge in [0, 0.05) is 24.1 Å². The van der Waals surface area contributed by atoms with Crippen molar-refractivity contribution in [2.24, 2.45) is 0 Å². The van der Waals surface area contributed by atoms with Crippen molar-refractivity contribution in [3.05, 3.63) is 61.2 Å². The van der Waals surface area contributed by atoms with Gasteiger partial charge in [-0.15, -0.1) is 0 Å². The van der Waals surface area contributed by atoms with Gasteiger partial charge in [-0.3, -0.25) is 10.5 Å². The van der Waals surface area contributed by atoms with Gasteiger partial charge in [-0.25, -0.2) is 9.03 Å². The van der Waals surface area contributed by atoms with E-state index in [1.807, 2.05) is 41.0 Å². The molecule has 0 unspecified atom stereocenters. The van der Waals surface area contributed by atoms with Crippen LogP contribution >= 0.6 is 0 Å². The summed E-state index contributed by atoms with van der Waals surface area (Å²) in [4.78, 5) is 0. The third-order valence-electron chi connectivity index (χ3n) is 5.32. The predicted molar refractivity (Wildman–Crippen MR) is 113 cm³/mol. The highest BCUT2D eigenvalue weighted by Crippen LogP contribution is 2.36. The van der Waals surface area contributed by atoms with Crippen molar-refractivity contribution >= 4 is 23.6 Å². The summed E-state index contributed by atoms with van der Waals surface area (Å²) in [6.07, 6.45) is 6.99. The normalized spacial score (nSPS) is 16.7. The molecule has 0 radical (unpaired) electrons. The summed E-state index contributed by atoms with van der Waals surface area (Å²) in [6.45, 7) is 8.22. The Balaban J connectivity index is 0.000000180. The zero-order valence-electron chi connectivity index (χ0n) is 17.3. The number of aromatic nitrogens is 4. The topological polar surface area (TPSA) is 114 Å². The second-order valence-electron chi connectivity index (χ2n) is 7.84. The quantitative estimate of drug-likeness (QED) is 0.250. The van der Waals surface area contributed by atoms with Crippen LogP contribution in [-0.2, 0) is 9.31 Å². The Morgan fingerprint density at radius 3 is 1.83 bits per heavy atom. The molecule has 9 nitrogen and oxygen atoms in total. The highest BCUT2D eigenvalue weighted by molar-refractivity contribution is 6.62. The summed E-state index contributed by atoms with van der Waals surface area (Å²) in [7, 11) is -0.330. The number of nitrogens with zero attached hydrogens (tertiary/aromatic N) is 4. The Kier molecular flexibility index (Phi) is 6.13. The summed E-state index contributed by atoms with van der Waals surface area (Å²) in [6, 6.07) is 11.3. The fourth-order valence-electron chi connectivity index (χ4n) is 2.95. The number of fused-ring (bicyclic) bond motifs is 2. The van der Waals surface area contributed by atoms with Crippen LogP contribution in [0.15, 0.2) is 61.2 Å². The lowest BCUT2D eigenvalue weighted by molar-refractivity contribution is -0.176. The standard InChI is InChI=1S/C13H17BN2O2.C7H6N2O.H2O2/c1-12(2)13(3,4)18-14(17-12)10-5-6-11-7-8-15-16(11)9-10;10-7-2-1-6-3-4-8-9(6)5-7;1-2/h5-9H,1-4H3;1-5,10H;1-2H. The predicted octanol–water partition coefficient (Wildman–Crippen LogP) is 2.69. The van der Waals surface area contributed by atoms with Crippen molar-refractivity contribution in [2.75, 3.05) is 0 Å². The van der Waals surface area contributed by atoms with Crippen LogP contribution in [0.5, 0.6) is 5.75 Å². The Labute approximate surface area is 174 Å². The second-order valence-corrected chi connectivity index (χ2v) is 7.84. The number of pyridine rings is 2. The SMILES string of the molecule is CC1(C)OB(c2ccc3ccnn3c2)OC1(C)C.OO.Oc1ccc2ccnn2c1. The third kappa shape index (κ3) is 4.31. The van der Waals surface area contributed by atoms with Crippen LogP contribution in [0.2, 0.25) is 0 Å². The number of rotatable bonds is 1. The zero-order valence-corrected chi connectivity index (χ0v) is 17.3. The summed E-state index contributed by atoms with van der Waals surface area (Å²) < 4.78 is 15.5. The van der Waals surface area contributed by atoms with Gasteiger partial charge in [0.1, 0.15) is 5.75 Å². The molecule has 1 fully saturated rings. The average Bonchev–Trinajstić information content (AvgIpc) is 3.41. The fraction of sp³-hybridized carbons (Fsp3) is 0.300. The molecule has 0 amide bonds. The molecule has 0 aliphatic carbocycles. The minimum Gasteiger partial charge on any atom is -0.506 e. The summed E-state index contributed by atoms with van der Waals surface area (Å²) in [5.41, 5.74) is 2.42. The lowest BCUT2D eigenvalue weighted by Gasteiger charge is -2.32. The Morgan fingerprint density at radius 2 is 1.27 bits per heavy atom. The van der Waals surface area contributed by atoms with Gasteiger partial charge < -0.3 is 14.4 Å². The second kappa shape index (κ2) is 8.45. The Bertz CT molecular complexity index is 1110. The van der Waals surface area contributed by atoms with E-state index in [4.69, 9.17) is 24.9 Å². The van der Waals surface area contributed by atoms with E-state index in [1.165, 1.54) is 0 Å². The molecule has 1 saturated heterocycles. The largest absolute Gasteiger partial charge is 0.506 e. The molecular formula is C20H25BN4O5. The highest BCUT2D eigenvalue weighted by atomic mass is 17.0. The number of hydrogen-bond acceptors (Lipinski definition) is 7. The van der Waals surface area contributed by atoms with Crippen LogP contribution in [0.1, 0.15) is 27.7 Å². The molecule has 1 aliphatic heterocycles. The van der Waals surface area contributed by atoms with Crippen molar-refractivity contribution in [3.63, 3.8) is 0 Å². The van der Waals surface area contributed by atoms with Crippen LogP contribution in [0.25, 0.3) is 11.0 Å². The summed E-state index contributed by atoms with van der Waals surface area (Å²) in [5, 5.41) is 29.2. The van der Waals surface area contributed by atoms with Gasteiger partial charge in [0.2, 0.25) is 0 Å². The van der Waals surface area contributed by atoms with Gasteiger partial charge in [0.25, 0.3) is 0 Å². The molecule has 4 aromatic rings. The molecule has 0 saturated carbocycles. The van der Waals surface area contributed by atoms with Crippen molar-refractivity contribution in [2.45, 2.75) is 38.9 Å². The molecule has 0 bridgehead atoms. The molecule has 30 heavy (non-hydrogen) atoms. The van der Waals surface area contributed by atoms with Gasteiger partial charge in [0.15, 0.2) is 0 Å². The van der Waals surface area contributed by atoms with E-state index in [0.29, 0.717) is 0 Å². The molecule has 158 valence electrons. The van der Waals surface area contributed by atoms with E-state index in [-0.39, 0.29) is 24.1 Å². The summed E-state index contributed by atoms with van der Waals surface area (Å²) in [5.74, 6) is 0.233. The van der Waals surface area contributed by atoms with Gasteiger partial charge in [-0.2, -0.15) is 10.2 Å². The molecule has 0 atom stereocenters. The van der Waals surface area contributed by atoms with Crippen molar-refractivity contribution < 1.29 is 24.9 Å². The van der Waals surface area contributed by atoms with E-state index >= 15 is 0 Å². The van der Waals surface area contributed by atoms with E-state index in [2.05, 4.69) is 37.9 Å². The van der Waals surface area contributed by atoms with Gasteiger partial charge in [-0.1, -0.05) is 6.07 Å². The van der Waals surface area contributed by atoms with E-state index in [9.17, 15) is 0 Å². The van der Waals surface area contributed by atoms with E-state index in [0.717, 1.165) is 16.5 Å². The van der Waals surface area contributed by atoms with Crippen molar-refractivity contribution in [3.8, 4) is 5.75 Å². The molecule has 5 heterocycles. The lowest BCUT2D eigenvalue weighted by atomic mass is 9.80. The fourth-order valence-corrected chi connectivity index (χ4v) is 2.95. The first-order valence-corrected chi connectivity index (χ1v) is 9.36. The first-order valence-electron chi connectivity index (χ1n) is 9.36. The molecular weight excluding hydrogens is 387 g/mol. The molecule has 4 aromatic heterocycles. The van der Waals surface area contributed by atoms with Crippen LogP contribution in [0, 0.1) is 0 Å². The smallest absolute Gasteiger partial charge is 0.496 e. The molecule has 5 rings (SSSR count). The summed E-state index contributed by atoms with van der Waals surface area (Å²) >= 11 is 0. The zero-order chi connectivity index (χ0) is 21.9. The van der Waals surface area contributed by atoms with Crippen molar-refractivity contribution in [1.29, 1.82) is 0 Å². The first kappa shape index (κ1) is 21.8. The Hall–Kier alpha value is -2.92. The maximum atomic E-state index is 8.99. The van der Waals surface area contributed by atoms with E-state index < -0.39 is 0 Å². The molecule has 3 N–H and O–H groups in total. The van der Waals surface area contributed by atoms with Crippen LogP contribution in [0.3, 0.4) is 0 Å². The maximum absolute atomic E-state index is 8.99. The van der Waals surface area contributed by atoms with Crippen LogP contribution in [0.4, 0.5) is 0 Å². The van der Waals surface area contributed by atoms with Crippen LogP contribution < -0.4 is 5.46 Å². The molecule has 10 heteroatoms. The minimum atomic E-state index is -0.330. The molecule has 0 aromatic carbocycles.